The van der Waals surface area contributed by atoms with Gasteiger partial charge < -0.3 is 9.47 Å². The van der Waals surface area contributed by atoms with Gasteiger partial charge in [-0.05, 0) is 102 Å². The van der Waals surface area contributed by atoms with Gasteiger partial charge in [-0.3, -0.25) is 0 Å². The molecule has 0 saturated heterocycles. The first kappa shape index (κ1) is 40.8. The van der Waals surface area contributed by atoms with E-state index in [4.69, 9.17) is 9.47 Å². The van der Waals surface area contributed by atoms with Crippen LogP contribution in [-0.4, -0.2) is 13.2 Å². The van der Waals surface area contributed by atoms with Crippen LogP contribution in [0.3, 0.4) is 0 Å². The molecule has 0 aliphatic carbocycles. The lowest BCUT2D eigenvalue weighted by Crippen LogP contribution is -2.03. The monoisotopic (exact) mass is 621 g/mol. The lowest BCUT2D eigenvalue weighted by molar-refractivity contribution is 0.258. The highest BCUT2D eigenvalue weighted by Gasteiger charge is 2.06. The highest BCUT2D eigenvalue weighted by atomic mass is 16.5. The van der Waals surface area contributed by atoms with Gasteiger partial charge in [0.05, 0.1) is 13.2 Å². The number of benzene rings is 1. The fourth-order valence-electron chi connectivity index (χ4n) is 5.39. The van der Waals surface area contributed by atoms with Crippen LogP contribution in [0.15, 0.2) is 66.8 Å². The van der Waals surface area contributed by atoms with E-state index in [1.165, 1.54) is 134 Å². The van der Waals surface area contributed by atoms with Gasteiger partial charge in [0.15, 0.2) is 11.5 Å². The van der Waals surface area contributed by atoms with Gasteiger partial charge >= 0.3 is 0 Å². The summed E-state index contributed by atoms with van der Waals surface area (Å²) in [6, 6.07) is 6.34. The average molecular weight is 621 g/mol. The fourth-order valence-corrected chi connectivity index (χ4v) is 5.39. The molecule has 0 aliphatic heterocycles. The molecule has 0 saturated carbocycles. The van der Waals surface area contributed by atoms with Gasteiger partial charge in [-0.1, -0.05) is 146 Å². The molecule has 0 unspecified atom stereocenters. The van der Waals surface area contributed by atoms with Crippen molar-refractivity contribution in [2.75, 3.05) is 13.2 Å². The van der Waals surface area contributed by atoms with E-state index < -0.39 is 0 Å². The number of hydrogen-bond donors (Lipinski definition) is 0. The van der Waals surface area contributed by atoms with Crippen molar-refractivity contribution in [1.82, 2.24) is 0 Å². The molecule has 0 atom stereocenters. The molecule has 0 aliphatic rings. The Balaban J connectivity index is 2.01. The second-order valence-corrected chi connectivity index (χ2v) is 12.8. The Morgan fingerprint density at radius 1 is 0.422 bits per heavy atom. The molecule has 0 amide bonds. The Bertz CT molecular complexity index is 878. The first-order valence-electron chi connectivity index (χ1n) is 19.2. The van der Waals surface area contributed by atoms with Crippen LogP contribution >= 0.6 is 0 Å². The van der Waals surface area contributed by atoms with Gasteiger partial charge in [0.2, 0.25) is 0 Å². The number of aryl methyl sites for hydroxylation is 1. The Hall–Kier alpha value is -2.22. The molecule has 0 aromatic heterocycles. The zero-order valence-corrected chi connectivity index (χ0v) is 30.1. The topological polar surface area (TPSA) is 18.5 Å². The second kappa shape index (κ2) is 33.2. The maximum atomic E-state index is 6.17. The molecule has 0 bridgehead atoms. The fraction of sp³-hybridized carbons (Fsp3) is 0.674. The lowest BCUT2D eigenvalue weighted by Gasteiger charge is -2.13. The molecule has 256 valence electrons. The first-order valence-corrected chi connectivity index (χ1v) is 19.2. The summed E-state index contributed by atoms with van der Waals surface area (Å²) in [6.45, 7) is 8.20. The van der Waals surface area contributed by atoms with E-state index in [-0.39, 0.29) is 0 Å². The zero-order chi connectivity index (χ0) is 32.3. The molecular weight excluding hydrogens is 548 g/mol. The summed E-state index contributed by atoms with van der Waals surface area (Å²) in [5.74, 6) is 1.82. The van der Waals surface area contributed by atoms with E-state index in [0.29, 0.717) is 0 Å². The van der Waals surface area contributed by atoms with Gasteiger partial charge in [-0.25, -0.2) is 0 Å². The Kier molecular flexibility index (Phi) is 30.1. The van der Waals surface area contributed by atoms with E-state index in [9.17, 15) is 0 Å². The summed E-state index contributed by atoms with van der Waals surface area (Å²) in [6.07, 6.45) is 49.1. The van der Waals surface area contributed by atoms with Gasteiger partial charge in [-0.2, -0.15) is 0 Å². The molecule has 45 heavy (non-hydrogen) atoms. The molecular formula is C43H72O2. The van der Waals surface area contributed by atoms with Gasteiger partial charge in [0.1, 0.15) is 0 Å². The standard InChI is InChI=1S/C43H72O2/c1-4-6-8-10-12-14-16-18-20-22-24-26-28-30-32-34-38-44-42-37-36-41(3)40-43(42)45-39-35-33-31-29-27-25-23-21-19-17-15-13-11-9-7-5-2/h12-15,18-21,36-37,40H,4-11,16-17,22-35,38-39H2,1-3H3. The van der Waals surface area contributed by atoms with Crippen molar-refractivity contribution < 1.29 is 9.47 Å². The van der Waals surface area contributed by atoms with Crippen molar-refractivity contribution in [3.63, 3.8) is 0 Å². The predicted molar refractivity (Wildman–Crippen MR) is 201 cm³/mol. The SMILES string of the molecule is CCCCCC=CCC=CCCCCCCCCOc1ccc(C)cc1OCCCCCCCCC=CCC=CCCCCC. The van der Waals surface area contributed by atoms with E-state index in [1.807, 2.05) is 0 Å². The summed E-state index contributed by atoms with van der Waals surface area (Å²) >= 11 is 0. The van der Waals surface area contributed by atoms with Crippen LogP contribution in [0.2, 0.25) is 0 Å². The summed E-state index contributed by atoms with van der Waals surface area (Å²) in [4.78, 5) is 0. The molecule has 0 spiro atoms. The van der Waals surface area contributed by atoms with Crippen molar-refractivity contribution in [2.24, 2.45) is 0 Å². The minimum absolute atomic E-state index is 0.777. The first-order chi connectivity index (χ1) is 22.3. The van der Waals surface area contributed by atoms with Crippen molar-refractivity contribution in [3.05, 3.63) is 72.4 Å². The highest BCUT2D eigenvalue weighted by molar-refractivity contribution is 5.42. The lowest BCUT2D eigenvalue weighted by atomic mass is 10.1. The maximum Gasteiger partial charge on any atom is 0.161 e. The summed E-state index contributed by atoms with van der Waals surface area (Å²) in [7, 11) is 0. The number of hydrogen-bond acceptors (Lipinski definition) is 2. The molecule has 2 nitrogen and oxygen atoms in total. The maximum absolute atomic E-state index is 6.17. The third-order valence-corrected chi connectivity index (χ3v) is 8.30. The van der Waals surface area contributed by atoms with Crippen LogP contribution < -0.4 is 9.47 Å². The van der Waals surface area contributed by atoms with Crippen LogP contribution in [0.1, 0.15) is 174 Å². The van der Waals surface area contributed by atoms with Crippen LogP contribution in [0.5, 0.6) is 11.5 Å². The smallest absolute Gasteiger partial charge is 0.161 e. The Labute approximate surface area is 280 Å². The van der Waals surface area contributed by atoms with Crippen molar-refractivity contribution >= 4 is 0 Å². The summed E-state index contributed by atoms with van der Waals surface area (Å²) in [5.41, 5.74) is 1.23. The number of unbranched alkanes of at least 4 members (excludes halogenated alkanes) is 18. The number of ether oxygens (including phenoxy) is 2. The van der Waals surface area contributed by atoms with Crippen molar-refractivity contribution in [1.29, 1.82) is 0 Å². The number of allylic oxidation sites excluding steroid dienone is 8. The second-order valence-electron chi connectivity index (χ2n) is 12.8. The van der Waals surface area contributed by atoms with Crippen LogP contribution in [0.4, 0.5) is 0 Å². The summed E-state index contributed by atoms with van der Waals surface area (Å²) in [5, 5.41) is 0. The normalized spacial score (nSPS) is 12.1. The quantitative estimate of drug-likeness (QED) is 0.0589. The van der Waals surface area contributed by atoms with Gasteiger partial charge in [-0.15, -0.1) is 0 Å². The molecule has 0 fully saturated rings. The minimum atomic E-state index is 0.777. The van der Waals surface area contributed by atoms with Crippen molar-refractivity contribution in [2.45, 2.75) is 175 Å². The molecule has 1 aromatic carbocycles. The Morgan fingerprint density at radius 3 is 1.24 bits per heavy atom. The largest absolute Gasteiger partial charge is 0.490 e. The third-order valence-electron chi connectivity index (χ3n) is 8.30. The Morgan fingerprint density at radius 2 is 0.800 bits per heavy atom. The van der Waals surface area contributed by atoms with E-state index in [2.05, 4.69) is 87.6 Å². The molecule has 0 radical (unpaired) electrons. The van der Waals surface area contributed by atoms with E-state index >= 15 is 0 Å². The molecule has 2 heteroatoms. The molecule has 0 heterocycles. The van der Waals surface area contributed by atoms with E-state index in [1.54, 1.807) is 0 Å². The highest BCUT2D eigenvalue weighted by Crippen LogP contribution is 2.29. The zero-order valence-electron chi connectivity index (χ0n) is 30.1. The average Bonchev–Trinajstić information content (AvgIpc) is 3.04. The van der Waals surface area contributed by atoms with Crippen molar-refractivity contribution in [3.8, 4) is 11.5 Å². The predicted octanol–water partition coefficient (Wildman–Crippen LogP) is 14.4. The minimum Gasteiger partial charge on any atom is -0.490 e. The molecule has 0 N–H and O–H groups in total. The van der Waals surface area contributed by atoms with Crippen LogP contribution in [0, 0.1) is 6.92 Å². The molecule has 1 rings (SSSR count). The van der Waals surface area contributed by atoms with Gasteiger partial charge in [0.25, 0.3) is 0 Å². The summed E-state index contributed by atoms with van der Waals surface area (Å²) < 4.78 is 12.3. The molecule has 1 aromatic rings. The van der Waals surface area contributed by atoms with Gasteiger partial charge in [0, 0.05) is 0 Å². The van der Waals surface area contributed by atoms with Crippen LogP contribution in [0.25, 0.3) is 0 Å². The third kappa shape index (κ3) is 27.8. The van der Waals surface area contributed by atoms with Crippen LogP contribution in [-0.2, 0) is 0 Å². The number of rotatable bonds is 32. The van der Waals surface area contributed by atoms with E-state index in [0.717, 1.165) is 50.4 Å².